The van der Waals surface area contributed by atoms with Gasteiger partial charge in [-0.05, 0) is 6.42 Å². The fraction of sp³-hybridized carbons (Fsp3) is 0.647. The summed E-state index contributed by atoms with van der Waals surface area (Å²) >= 11 is 0. The molecule has 0 bridgehead atoms. The van der Waals surface area contributed by atoms with Crippen molar-refractivity contribution in [2.75, 3.05) is 33.2 Å². The number of ketones is 3. The Hall–Kier alpha value is -1.93. The van der Waals surface area contributed by atoms with Crippen molar-refractivity contribution in [1.29, 1.82) is 0 Å². The Morgan fingerprint density at radius 1 is 0.786 bits per heavy atom. The van der Waals surface area contributed by atoms with Crippen LogP contribution in [0.1, 0.15) is 39.0 Å². The van der Waals surface area contributed by atoms with Gasteiger partial charge in [-0.1, -0.05) is 6.92 Å². The summed E-state index contributed by atoms with van der Waals surface area (Å²) < 4.78 is 0. The molecule has 28 heavy (non-hydrogen) atoms. The van der Waals surface area contributed by atoms with E-state index < -0.39 is 17.7 Å². The van der Waals surface area contributed by atoms with Gasteiger partial charge in [0.05, 0.1) is 26.2 Å². The third-order valence-corrected chi connectivity index (χ3v) is 3.60. The van der Waals surface area contributed by atoms with E-state index in [9.17, 15) is 28.8 Å². The van der Waals surface area contributed by atoms with Crippen molar-refractivity contribution in [2.24, 2.45) is 0 Å². The predicted octanol–water partition coefficient (Wildman–Crippen LogP) is -0.595. The van der Waals surface area contributed by atoms with E-state index in [0.29, 0.717) is 6.42 Å². The van der Waals surface area contributed by atoms with Crippen LogP contribution in [0.15, 0.2) is 0 Å². The van der Waals surface area contributed by atoms with Crippen LogP contribution in [0, 0.1) is 0 Å². The van der Waals surface area contributed by atoms with Crippen molar-refractivity contribution in [1.82, 2.24) is 15.5 Å². The zero-order valence-electron chi connectivity index (χ0n) is 16.2. The standard InChI is InChI=1S/C17H28N4O6.W/c1-3-12(22)4-5-13(23)9-21(10-14(24)6-7-15(18)25)11-17(27)20-8-16(26)19-2;/h3-11H2,1-2H3,(H4,18,19,20,25,26,27);/p-1. The average Bonchev–Trinajstić information content (AvgIpc) is 2.62. The molecule has 0 spiro atoms. The molecule has 0 aliphatic heterocycles. The molecule has 0 radical (unpaired) electrons. The first kappa shape index (κ1) is 28.3. The second-order valence-electron chi connectivity index (χ2n) is 5.99. The molecular formula is C17H27N4O6W-. The fourth-order valence-corrected chi connectivity index (χ4v) is 2.06. The van der Waals surface area contributed by atoms with Gasteiger partial charge >= 0.3 is 0 Å². The molecule has 3 amide bonds. The summed E-state index contributed by atoms with van der Waals surface area (Å²) in [5.41, 5.74) is 6.81. The Morgan fingerprint density at radius 2 is 1.29 bits per heavy atom. The van der Waals surface area contributed by atoms with Crippen LogP contribution >= 0.6 is 0 Å². The molecule has 0 unspecified atom stereocenters. The molecule has 3 N–H and O–H groups in total. The number of Topliss-reactive ketones (excluding diaryl/α,β-unsaturated/α-hetero) is 3. The number of hydrogen-bond acceptors (Lipinski definition) is 7. The number of nitrogens with zero attached hydrogens (tertiary/aromatic N) is 1. The molecule has 0 saturated carbocycles. The van der Waals surface area contributed by atoms with Gasteiger partial charge in [-0.3, -0.25) is 28.9 Å². The van der Waals surface area contributed by atoms with Crippen LogP contribution in [0.2, 0.25) is 0 Å². The van der Waals surface area contributed by atoms with Crippen molar-refractivity contribution in [3.8, 4) is 0 Å². The molecule has 0 saturated heterocycles. The Morgan fingerprint density at radius 3 is 1.75 bits per heavy atom. The van der Waals surface area contributed by atoms with Crippen molar-refractivity contribution in [2.45, 2.75) is 39.0 Å². The Balaban J connectivity index is 0. The smallest absolute Gasteiger partial charge is 0.239 e. The molecule has 11 heteroatoms. The summed E-state index contributed by atoms with van der Waals surface area (Å²) in [4.78, 5) is 70.3. The van der Waals surface area contributed by atoms with Crippen molar-refractivity contribution >= 4 is 35.1 Å². The topological polar surface area (TPSA) is 154 Å². The van der Waals surface area contributed by atoms with Gasteiger partial charge in [-0.15, -0.1) is 0 Å². The summed E-state index contributed by atoms with van der Waals surface area (Å²) in [5, 5.41) is 4.71. The van der Waals surface area contributed by atoms with E-state index in [-0.39, 0.29) is 90.3 Å². The number of hydrogen-bond donors (Lipinski definition) is 2. The quantitative estimate of drug-likeness (QED) is 0.268. The van der Waals surface area contributed by atoms with E-state index in [1.54, 1.807) is 6.92 Å². The summed E-state index contributed by atoms with van der Waals surface area (Å²) in [6.07, 6.45) is 0.0734. The normalized spacial score (nSPS) is 9.96. The molecule has 0 aliphatic carbocycles. The Labute approximate surface area is 178 Å². The van der Waals surface area contributed by atoms with Crippen LogP contribution < -0.4 is 10.6 Å². The van der Waals surface area contributed by atoms with Crippen LogP contribution in [0.3, 0.4) is 0 Å². The molecule has 0 aromatic carbocycles. The Bertz CT molecular complexity index is 548. The fourth-order valence-electron chi connectivity index (χ4n) is 2.06. The summed E-state index contributed by atoms with van der Waals surface area (Å²) in [5.74, 6) is -2.53. The van der Waals surface area contributed by atoms with Gasteiger partial charge in [0, 0.05) is 59.7 Å². The molecule has 10 nitrogen and oxygen atoms in total. The largest absolute Gasteiger partial charge is 0.668 e. The number of carbonyl (C=O) groups excluding carboxylic acids is 6. The summed E-state index contributed by atoms with van der Waals surface area (Å²) in [7, 11) is 1.42. The van der Waals surface area contributed by atoms with Gasteiger partial charge in [-0.25, -0.2) is 0 Å². The molecule has 0 aliphatic rings. The van der Waals surface area contributed by atoms with Crippen molar-refractivity contribution in [3.63, 3.8) is 0 Å². The Kier molecular flexibility index (Phi) is 16.2. The number of carbonyl (C=O) groups is 6. The first-order valence-electron chi connectivity index (χ1n) is 8.67. The average molecular weight is 567 g/mol. The van der Waals surface area contributed by atoms with Crippen molar-refractivity contribution < 1.29 is 49.8 Å². The number of likely N-dealkylation sites (N-methyl/N-ethyl adjacent to an activating group) is 1. The van der Waals surface area contributed by atoms with Gasteiger partial charge in [0.25, 0.3) is 0 Å². The maximum Gasteiger partial charge on any atom is 0.239 e. The second kappa shape index (κ2) is 16.1. The third-order valence-electron chi connectivity index (χ3n) is 3.60. The van der Waals surface area contributed by atoms with E-state index >= 15 is 0 Å². The molecule has 0 atom stereocenters. The summed E-state index contributed by atoms with van der Waals surface area (Å²) in [6, 6.07) is 0. The summed E-state index contributed by atoms with van der Waals surface area (Å²) in [6.45, 7) is 0.732. The minimum atomic E-state index is -0.868. The van der Waals surface area contributed by atoms with Crippen LogP contribution in [-0.2, 0) is 49.8 Å². The number of amides is 3. The molecule has 0 rings (SSSR count). The SMILES string of the molecule is CCC(=O)CCC(=O)CN(CC(=O)CCC([NH-])=O)CC(=O)NCC(=O)NC.[W]. The minimum Gasteiger partial charge on any atom is -0.668 e. The maximum absolute atomic E-state index is 12.0. The van der Waals surface area contributed by atoms with Gasteiger partial charge < -0.3 is 21.2 Å². The van der Waals surface area contributed by atoms with E-state index in [1.165, 1.54) is 11.9 Å². The van der Waals surface area contributed by atoms with Gasteiger partial charge in [0.1, 0.15) is 17.3 Å². The predicted molar refractivity (Wildman–Crippen MR) is 96.6 cm³/mol. The second-order valence-corrected chi connectivity index (χ2v) is 5.99. The van der Waals surface area contributed by atoms with E-state index in [0.717, 1.165) is 0 Å². The molecular weight excluding hydrogens is 540 g/mol. The third kappa shape index (κ3) is 15.2. The van der Waals surface area contributed by atoms with Gasteiger partial charge in [0.15, 0.2) is 0 Å². The minimum absolute atomic E-state index is 0. The maximum atomic E-state index is 12.0. The molecule has 158 valence electrons. The molecule has 0 fully saturated rings. The monoisotopic (exact) mass is 567 g/mol. The van der Waals surface area contributed by atoms with Gasteiger partial charge in [-0.2, -0.15) is 0 Å². The van der Waals surface area contributed by atoms with Crippen LogP contribution in [0.4, 0.5) is 0 Å². The van der Waals surface area contributed by atoms with Crippen LogP contribution in [0.25, 0.3) is 5.73 Å². The van der Waals surface area contributed by atoms with E-state index in [4.69, 9.17) is 5.73 Å². The zero-order valence-corrected chi connectivity index (χ0v) is 19.1. The number of nitrogens with one attached hydrogen (secondary N) is 3. The van der Waals surface area contributed by atoms with Crippen LogP contribution in [0.5, 0.6) is 0 Å². The molecule has 0 heterocycles. The molecule has 0 aromatic rings. The van der Waals surface area contributed by atoms with Gasteiger partial charge in [0.2, 0.25) is 11.8 Å². The van der Waals surface area contributed by atoms with Crippen molar-refractivity contribution in [3.05, 3.63) is 5.73 Å². The first-order valence-corrected chi connectivity index (χ1v) is 8.67. The zero-order chi connectivity index (χ0) is 20.8. The first-order chi connectivity index (χ1) is 12.7. The van der Waals surface area contributed by atoms with E-state index in [1.807, 2.05) is 0 Å². The van der Waals surface area contributed by atoms with Crippen LogP contribution in [-0.4, -0.2) is 73.2 Å². The number of rotatable bonds is 15. The molecule has 0 aromatic heterocycles. The van der Waals surface area contributed by atoms with E-state index in [2.05, 4.69) is 10.6 Å².